The monoisotopic (exact) mass is 410 g/mol. The van der Waals surface area contributed by atoms with Crippen LogP contribution in [0.2, 0.25) is 5.02 Å². The highest BCUT2D eigenvalue weighted by Gasteiger charge is 2.19. The van der Waals surface area contributed by atoms with Gasteiger partial charge in [0.1, 0.15) is 5.82 Å². The van der Waals surface area contributed by atoms with Gasteiger partial charge in [0.05, 0.1) is 32.3 Å². The molecule has 0 bridgehead atoms. The van der Waals surface area contributed by atoms with E-state index in [0.29, 0.717) is 11.5 Å². The van der Waals surface area contributed by atoms with Gasteiger partial charge < -0.3 is 19.3 Å². The van der Waals surface area contributed by atoms with Gasteiger partial charge in [-0.2, -0.15) is 0 Å². The molecule has 1 aliphatic rings. The molecule has 0 unspecified atom stereocenters. The first-order valence-corrected chi connectivity index (χ1v) is 9.85. The predicted octanol–water partition coefficient (Wildman–Crippen LogP) is 4.14. The molecule has 2 heterocycles. The van der Waals surface area contributed by atoms with Crippen molar-refractivity contribution in [1.29, 1.82) is 0 Å². The number of hydrogen-bond acceptors (Lipinski definition) is 6. The van der Waals surface area contributed by atoms with Gasteiger partial charge in [-0.25, -0.2) is 4.98 Å². The molecular weight excluding hydrogens is 388 g/mol. The summed E-state index contributed by atoms with van der Waals surface area (Å²) in [6, 6.07) is 13.8. The summed E-state index contributed by atoms with van der Waals surface area (Å²) in [4.78, 5) is 13.9. The van der Waals surface area contributed by atoms with Gasteiger partial charge in [0.15, 0.2) is 11.5 Å². The lowest BCUT2D eigenvalue weighted by Gasteiger charge is -2.36. The normalized spacial score (nSPS) is 14.0. The third kappa shape index (κ3) is 4.22. The number of aromatic nitrogens is 2. The summed E-state index contributed by atoms with van der Waals surface area (Å²) in [5.74, 6) is 2.24. The zero-order valence-corrected chi connectivity index (χ0v) is 17.3. The van der Waals surface area contributed by atoms with Crippen molar-refractivity contribution in [3.63, 3.8) is 0 Å². The third-order valence-electron chi connectivity index (χ3n) is 5.08. The minimum atomic E-state index is 0.673. The molecule has 0 radical (unpaired) electrons. The molecule has 7 heteroatoms. The maximum Gasteiger partial charge on any atom is 0.161 e. The molecule has 1 saturated heterocycles. The van der Waals surface area contributed by atoms with Crippen LogP contribution in [0.15, 0.2) is 54.9 Å². The van der Waals surface area contributed by atoms with E-state index in [4.69, 9.17) is 26.1 Å². The predicted molar refractivity (Wildman–Crippen MR) is 116 cm³/mol. The first-order chi connectivity index (χ1) is 14.2. The third-order valence-corrected chi connectivity index (χ3v) is 5.31. The summed E-state index contributed by atoms with van der Waals surface area (Å²) in [7, 11) is 3.25. The van der Waals surface area contributed by atoms with Crippen molar-refractivity contribution in [3.05, 3.63) is 59.9 Å². The molecule has 4 rings (SSSR count). The van der Waals surface area contributed by atoms with Gasteiger partial charge in [-0.05, 0) is 36.4 Å². The number of nitrogens with zero attached hydrogens (tertiary/aromatic N) is 4. The molecule has 2 aromatic carbocycles. The van der Waals surface area contributed by atoms with Gasteiger partial charge in [0.2, 0.25) is 0 Å². The Morgan fingerprint density at radius 1 is 0.862 bits per heavy atom. The number of hydrogen-bond donors (Lipinski definition) is 0. The highest BCUT2D eigenvalue weighted by molar-refractivity contribution is 6.30. The maximum atomic E-state index is 6.13. The minimum Gasteiger partial charge on any atom is -0.493 e. The summed E-state index contributed by atoms with van der Waals surface area (Å²) < 4.78 is 10.7. The maximum absolute atomic E-state index is 6.13. The molecular formula is C22H23ClN4O2. The van der Waals surface area contributed by atoms with E-state index in [1.165, 1.54) is 0 Å². The van der Waals surface area contributed by atoms with E-state index in [1.54, 1.807) is 20.4 Å². The Morgan fingerprint density at radius 2 is 1.62 bits per heavy atom. The molecule has 0 atom stereocenters. The standard InChI is InChI=1S/C22H23ClN4O2/c1-28-20-7-6-16(12-21(20)29-2)19-14-24-15-22(25-19)27-10-8-26(9-11-27)18-5-3-4-17(23)13-18/h3-7,12-15H,8-11H2,1-2H3. The minimum absolute atomic E-state index is 0.673. The Bertz CT molecular complexity index is 990. The van der Waals surface area contributed by atoms with E-state index >= 15 is 0 Å². The summed E-state index contributed by atoms with van der Waals surface area (Å²) in [5.41, 5.74) is 2.90. The molecule has 29 heavy (non-hydrogen) atoms. The zero-order chi connectivity index (χ0) is 20.2. The van der Waals surface area contributed by atoms with E-state index in [1.807, 2.05) is 42.6 Å². The largest absolute Gasteiger partial charge is 0.493 e. The molecule has 6 nitrogen and oxygen atoms in total. The number of ether oxygens (including phenoxy) is 2. The van der Waals surface area contributed by atoms with Crippen LogP contribution in [0.25, 0.3) is 11.3 Å². The van der Waals surface area contributed by atoms with Crippen LogP contribution in [0, 0.1) is 0 Å². The average Bonchev–Trinajstić information content (AvgIpc) is 2.79. The number of piperazine rings is 1. The topological polar surface area (TPSA) is 50.7 Å². The van der Waals surface area contributed by atoms with Gasteiger partial charge in [0.25, 0.3) is 0 Å². The van der Waals surface area contributed by atoms with Crippen LogP contribution in [0.1, 0.15) is 0 Å². The summed E-state index contributed by atoms with van der Waals surface area (Å²) in [5, 5.41) is 0.762. The van der Waals surface area contributed by atoms with Crippen molar-refractivity contribution in [2.45, 2.75) is 0 Å². The average molecular weight is 411 g/mol. The molecule has 0 N–H and O–H groups in total. The quantitative estimate of drug-likeness (QED) is 0.630. The number of halogens is 1. The molecule has 1 aliphatic heterocycles. The second-order valence-electron chi connectivity index (χ2n) is 6.79. The smallest absolute Gasteiger partial charge is 0.161 e. The van der Waals surface area contributed by atoms with Crippen LogP contribution in [-0.4, -0.2) is 50.4 Å². The lowest BCUT2D eigenvalue weighted by molar-refractivity contribution is 0.355. The van der Waals surface area contributed by atoms with E-state index < -0.39 is 0 Å². The van der Waals surface area contributed by atoms with Crippen molar-refractivity contribution in [2.24, 2.45) is 0 Å². The number of methoxy groups -OCH3 is 2. The zero-order valence-electron chi connectivity index (χ0n) is 16.5. The van der Waals surface area contributed by atoms with E-state index in [2.05, 4.69) is 20.9 Å². The van der Waals surface area contributed by atoms with E-state index in [-0.39, 0.29) is 0 Å². The first kappa shape index (κ1) is 19.3. The fourth-order valence-corrected chi connectivity index (χ4v) is 3.69. The van der Waals surface area contributed by atoms with E-state index in [9.17, 15) is 0 Å². The Morgan fingerprint density at radius 3 is 2.34 bits per heavy atom. The summed E-state index contributed by atoms with van der Waals surface area (Å²) >= 11 is 6.13. The van der Waals surface area contributed by atoms with Crippen molar-refractivity contribution in [3.8, 4) is 22.8 Å². The Hall–Kier alpha value is -2.99. The van der Waals surface area contributed by atoms with Gasteiger partial charge in [-0.15, -0.1) is 0 Å². The van der Waals surface area contributed by atoms with Gasteiger partial charge in [-0.1, -0.05) is 17.7 Å². The lowest BCUT2D eigenvalue weighted by atomic mass is 10.1. The molecule has 0 saturated carbocycles. The van der Waals surface area contributed by atoms with Crippen LogP contribution in [-0.2, 0) is 0 Å². The number of rotatable bonds is 5. The molecule has 3 aromatic rings. The van der Waals surface area contributed by atoms with Crippen molar-refractivity contribution < 1.29 is 9.47 Å². The fourth-order valence-electron chi connectivity index (χ4n) is 3.51. The highest BCUT2D eigenvalue weighted by Crippen LogP contribution is 2.32. The van der Waals surface area contributed by atoms with Crippen LogP contribution in [0.3, 0.4) is 0 Å². The van der Waals surface area contributed by atoms with Gasteiger partial charge >= 0.3 is 0 Å². The summed E-state index contributed by atoms with van der Waals surface area (Å²) in [6.45, 7) is 3.55. The molecule has 1 aromatic heterocycles. The molecule has 0 amide bonds. The molecule has 0 aliphatic carbocycles. The lowest BCUT2D eigenvalue weighted by Crippen LogP contribution is -2.46. The van der Waals surface area contributed by atoms with Crippen molar-refractivity contribution in [2.75, 3.05) is 50.2 Å². The molecule has 0 spiro atoms. The number of anilines is 2. The first-order valence-electron chi connectivity index (χ1n) is 9.48. The fraction of sp³-hybridized carbons (Fsp3) is 0.273. The highest BCUT2D eigenvalue weighted by atomic mass is 35.5. The summed E-state index contributed by atoms with van der Waals surface area (Å²) in [6.07, 6.45) is 3.59. The van der Waals surface area contributed by atoms with Crippen LogP contribution >= 0.6 is 11.6 Å². The second kappa shape index (κ2) is 8.57. The second-order valence-corrected chi connectivity index (χ2v) is 7.22. The number of benzene rings is 2. The van der Waals surface area contributed by atoms with Gasteiger partial charge in [0, 0.05) is 42.5 Å². The van der Waals surface area contributed by atoms with Crippen LogP contribution in [0.5, 0.6) is 11.5 Å². The van der Waals surface area contributed by atoms with Crippen molar-refractivity contribution in [1.82, 2.24) is 9.97 Å². The van der Waals surface area contributed by atoms with E-state index in [0.717, 1.165) is 54.0 Å². The Labute approximate surface area is 175 Å². The Balaban J connectivity index is 1.50. The van der Waals surface area contributed by atoms with Crippen LogP contribution in [0.4, 0.5) is 11.5 Å². The van der Waals surface area contributed by atoms with Crippen molar-refractivity contribution >= 4 is 23.1 Å². The molecule has 1 fully saturated rings. The SMILES string of the molecule is COc1ccc(-c2cncc(N3CCN(c4cccc(Cl)c4)CC3)n2)cc1OC. The van der Waals surface area contributed by atoms with Crippen LogP contribution < -0.4 is 19.3 Å². The Kier molecular flexibility index (Phi) is 5.71. The molecule has 150 valence electrons. The van der Waals surface area contributed by atoms with Gasteiger partial charge in [-0.3, -0.25) is 4.98 Å².